The standard InChI is InChI=1S/C10H15FN2O3S/c1-10(14,7-13-17(15,16)12-2)8-3-5-9(11)6-4-8/h3-6,12-14H,7H2,1-2H3. The molecule has 5 nitrogen and oxygen atoms in total. The van der Waals surface area contributed by atoms with Crippen molar-refractivity contribution in [1.29, 1.82) is 0 Å². The molecule has 0 bridgehead atoms. The highest BCUT2D eigenvalue weighted by atomic mass is 32.2. The third-order valence-electron chi connectivity index (χ3n) is 2.34. The molecule has 0 aliphatic carbocycles. The molecule has 1 aromatic rings. The van der Waals surface area contributed by atoms with Crippen LogP contribution in [0.2, 0.25) is 0 Å². The lowest BCUT2D eigenvalue weighted by atomic mass is 9.96. The molecule has 0 saturated carbocycles. The zero-order valence-corrected chi connectivity index (χ0v) is 10.4. The molecule has 0 aliphatic rings. The van der Waals surface area contributed by atoms with Gasteiger partial charge in [0, 0.05) is 13.6 Å². The van der Waals surface area contributed by atoms with E-state index < -0.39 is 21.6 Å². The third kappa shape index (κ3) is 4.04. The van der Waals surface area contributed by atoms with Crippen molar-refractivity contribution in [1.82, 2.24) is 9.44 Å². The van der Waals surface area contributed by atoms with E-state index in [-0.39, 0.29) is 6.54 Å². The van der Waals surface area contributed by atoms with Crippen LogP contribution in [0.5, 0.6) is 0 Å². The third-order valence-corrected chi connectivity index (χ3v) is 3.40. The molecule has 1 unspecified atom stereocenters. The van der Waals surface area contributed by atoms with Crippen molar-refractivity contribution in [2.24, 2.45) is 0 Å². The minimum absolute atomic E-state index is 0.207. The largest absolute Gasteiger partial charge is 0.384 e. The lowest BCUT2D eigenvalue weighted by molar-refractivity contribution is 0.0626. The van der Waals surface area contributed by atoms with Gasteiger partial charge in [0.25, 0.3) is 10.2 Å². The molecule has 1 rings (SSSR count). The lowest BCUT2D eigenvalue weighted by Gasteiger charge is -2.24. The molecule has 0 heterocycles. The molecule has 0 spiro atoms. The fourth-order valence-electron chi connectivity index (χ4n) is 1.22. The van der Waals surface area contributed by atoms with Crippen LogP contribution in [0.4, 0.5) is 4.39 Å². The van der Waals surface area contributed by atoms with E-state index in [1.54, 1.807) is 0 Å². The van der Waals surface area contributed by atoms with Crippen LogP contribution in [0.25, 0.3) is 0 Å². The quantitative estimate of drug-likeness (QED) is 0.703. The summed E-state index contributed by atoms with van der Waals surface area (Å²) in [5, 5.41) is 10.1. The van der Waals surface area contributed by atoms with E-state index in [1.807, 2.05) is 0 Å². The Bertz CT molecular complexity index is 471. The molecule has 7 heteroatoms. The van der Waals surface area contributed by atoms with E-state index in [0.717, 1.165) is 0 Å². The van der Waals surface area contributed by atoms with E-state index in [1.165, 1.54) is 38.2 Å². The first-order chi connectivity index (χ1) is 7.77. The van der Waals surface area contributed by atoms with Gasteiger partial charge in [-0.2, -0.15) is 13.1 Å². The van der Waals surface area contributed by atoms with Gasteiger partial charge in [0.1, 0.15) is 11.4 Å². The number of halogens is 1. The van der Waals surface area contributed by atoms with Crippen molar-refractivity contribution in [3.8, 4) is 0 Å². The van der Waals surface area contributed by atoms with Crippen LogP contribution in [0.3, 0.4) is 0 Å². The topological polar surface area (TPSA) is 78.4 Å². The zero-order valence-electron chi connectivity index (χ0n) is 9.57. The summed E-state index contributed by atoms with van der Waals surface area (Å²) in [5.74, 6) is -0.416. The van der Waals surface area contributed by atoms with E-state index >= 15 is 0 Å². The summed E-state index contributed by atoms with van der Waals surface area (Å²) in [6.45, 7) is 1.24. The number of benzene rings is 1. The molecule has 1 aromatic carbocycles. The van der Waals surface area contributed by atoms with Crippen molar-refractivity contribution in [3.05, 3.63) is 35.6 Å². The van der Waals surface area contributed by atoms with Crippen LogP contribution in [0, 0.1) is 5.82 Å². The average molecular weight is 262 g/mol. The fourth-order valence-corrected chi connectivity index (χ4v) is 1.83. The molecule has 0 fully saturated rings. The normalized spacial score (nSPS) is 15.5. The summed E-state index contributed by atoms with van der Waals surface area (Å²) in [4.78, 5) is 0. The highest BCUT2D eigenvalue weighted by molar-refractivity contribution is 7.87. The second-order valence-electron chi connectivity index (χ2n) is 3.81. The number of hydrogen-bond acceptors (Lipinski definition) is 3. The van der Waals surface area contributed by atoms with Crippen molar-refractivity contribution in [2.75, 3.05) is 13.6 Å². The van der Waals surface area contributed by atoms with E-state index in [2.05, 4.69) is 9.44 Å². The van der Waals surface area contributed by atoms with Crippen molar-refractivity contribution in [2.45, 2.75) is 12.5 Å². The molecule has 1 atom stereocenters. The Kier molecular flexibility index (Phi) is 4.21. The van der Waals surface area contributed by atoms with Gasteiger partial charge in [0.2, 0.25) is 0 Å². The zero-order chi connectivity index (χ0) is 13.1. The van der Waals surface area contributed by atoms with Gasteiger partial charge in [0.15, 0.2) is 0 Å². The molecular weight excluding hydrogens is 247 g/mol. The molecule has 0 saturated heterocycles. The minimum atomic E-state index is -3.60. The molecule has 17 heavy (non-hydrogen) atoms. The smallest absolute Gasteiger partial charge is 0.276 e. The molecule has 0 amide bonds. The molecule has 3 N–H and O–H groups in total. The number of aliphatic hydroxyl groups is 1. The molecule has 0 aromatic heterocycles. The van der Waals surface area contributed by atoms with Crippen molar-refractivity contribution >= 4 is 10.2 Å². The van der Waals surface area contributed by atoms with Crippen LogP contribution in [0.1, 0.15) is 12.5 Å². The van der Waals surface area contributed by atoms with Gasteiger partial charge in [-0.25, -0.2) is 9.11 Å². The van der Waals surface area contributed by atoms with Gasteiger partial charge in [0.05, 0.1) is 0 Å². The molecule has 0 aliphatic heterocycles. The predicted molar refractivity (Wildman–Crippen MR) is 62.0 cm³/mol. The summed E-state index contributed by atoms with van der Waals surface area (Å²) in [7, 11) is -2.34. The number of hydrogen-bond donors (Lipinski definition) is 3. The lowest BCUT2D eigenvalue weighted by Crippen LogP contribution is -2.42. The summed E-state index contributed by atoms with van der Waals surface area (Å²) < 4.78 is 39.2. The van der Waals surface area contributed by atoms with Gasteiger partial charge in [-0.05, 0) is 24.6 Å². The van der Waals surface area contributed by atoms with Crippen LogP contribution in [0.15, 0.2) is 24.3 Å². The Labute approximate surface area is 99.8 Å². The van der Waals surface area contributed by atoms with Gasteiger partial charge < -0.3 is 5.11 Å². The second-order valence-corrected chi connectivity index (χ2v) is 5.51. The summed E-state index contributed by atoms with van der Waals surface area (Å²) in [6, 6.07) is 5.22. The van der Waals surface area contributed by atoms with Crippen molar-refractivity contribution in [3.63, 3.8) is 0 Å². The Hall–Kier alpha value is -1.02. The summed E-state index contributed by atoms with van der Waals surface area (Å²) in [6.07, 6.45) is 0. The van der Waals surface area contributed by atoms with E-state index in [4.69, 9.17) is 0 Å². The van der Waals surface area contributed by atoms with Crippen LogP contribution in [-0.2, 0) is 15.8 Å². The first-order valence-electron chi connectivity index (χ1n) is 4.93. The maximum Gasteiger partial charge on any atom is 0.276 e. The number of nitrogens with one attached hydrogen (secondary N) is 2. The molecule has 96 valence electrons. The van der Waals surface area contributed by atoms with Gasteiger partial charge in [-0.15, -0.1) is 0 Å². The Morgan fingerprint density at radius 3 is 2.35 bits per heavy atom. The van der Waals surface area contributed by atoms with E-state index in [0.29, 0.717) is 5.56 Å². The SMILES string of the molecule is CNS(=O)(=O)NCC(C)(O)c1ccc(F)cc1. The second kappa shape index (κ2) is 5.09. The Balaban J connectivity index is 2.78. The Morgan fingerprint density at radius 2 is 1.88 bits per heavy atom. The van der Waals surface area contributed by atoms with Gasteiger partial charge >= 0.3 is 0 Å². The van der Waals surface area contributed by atoms with Crippen molar-refractivity contribution < 1.29 is 17.9 Å². The van der Waals surface area contributed by atoms with Crippen LogP contribution < -0.4 is 9.44 Å². The maximum absolute atomic E-state index is 12.7. The first-order valence-corrected chi connectivity index (χ1v) is 6.42. The highest BCUT2D eigenvalue weighted by Gasteiger charge is 2.24. The van der Waals surface area contributed by atoms with Crippen LogP contribution >= 0.6 is 0 Å². The van der Waals surface area contributed by atoms with Crippen LogP contribution in [-0.4, -0.2) is 27.1 Å². The predicted octanol–water partition coefficient (Wildman–Crippen LogP) is 0.0870. The summed E-state index contributed by atoms with van der Waals surface area (Å²) >= 11 is 0. The molecular formula is C10H15FN2O3S. The monoisotopic (exact) mass is 262 g/mol. The van der Waals surface area contributed by atoms with Gasteiger partial charge in [-0.3, -0.25) is 0 Å². The summed E-state index contributed by atoms with van der Waals surface area (Å²) in [5.41, 5.74) is -0.977. The van der Waals surface area contributed by atoms with Gasteiger partial charge in [-0.1, -0.05) is 12.1 Å². The fraction of sp³-hybridized carbons (Fsp3) is 0.400. The minimum Gasteiger partial charge on any atom is -0.384 e. The Morgan fingerprint density at radius 1 is 1.35 bits per heavy atom. The highest BCUT2D eigenvalue weighted by Crippen LogP contribution is 2.19. The maximum atomic E-state index is 12.7. The first kappa shape index (κ1) is 14.0. The average Bonchev–Trinajstić information content (AvgIpc) is 2.27. The molecule has 0 radical (unpaired) electrons. The van der Waals surface area contributed by atoms with E-state index in [9.17, 15) is 17.9 Å². The number of rotatable bonds is 5.